The molecular weight excluding hydrogens is 499 g/mol. The normalized spacial score (nSPS) is 20.9. The molecule has 0 amide bonds. The van der Waals surface area contributed by atoms with E-state index in [4.69, 9.17) is 44.3 Å². The Hall–Kier alpha value is -2.16. The predicted molar refractivity (Wildman–Crippen MR) is 133 cm³/mol. The van der Waals surface area contributed by atoms with Gasteiger partial charge in [-0.3, -0.25) is 0 Å². The molecule has 0 saturated heterocycles. The smallest absolute Gasteiger partial charge is 0.160 e. The van der Waals surface area contributed by atoms with Crippen molar-refractivity contribution in [2.45, 2.75) is 44.6 Å². The number of halogens is 3. The molecule has 1 aromatic carbocycles. The number of benzene rings is 1. The van der Waals surface area contributed by atoms with Crippen molar-refractivity contribution in [1.82, 2.24) is 19.5 Å². The van der Waals surface area contributed by atoms with Crippen molar-refractivity contribution in [3.8, 4) is 5.75 Å². The van der Waals surface area contributed by atoms with Crippen LogP contribution in [0.25, 0.3) is 21.9 Å². The Morgan fingerprint density at radius 3 is 2.71 bits per heavy atom. The summed E-state index contributed by atoms with van der Waals surface area (Å²) in [6, 6.07) is 9.31. The maximum absolute atomic E-state index is 10.4. The molecule has 1 aliphatic carbocycles. The summed E-state index contributed by atoms with van der Waals surface area (Å²) in [6.07, 6.45) is 4.69. The first kappa shape index (κ1) is 23.6. The molecule has 1 aliphatic rings. The van der Waals surface area contributed by atoms with Gasteiger partial charge >= 0.3 is 0 Å². The molecule has 3 aromatic heterocycles. The third-order valence-corrected chi connectivity index (χ3v) is 6.99. The van der Waals surface area contributed by atoms with Gasteiger partial charge in [-0.25, -0.2) is 15.0 Å². The molecule has 3 atom stereocenters. The maximum Gasteiger partial charge on any atom is 0.160 e. The zero-order valence-corrected chi connectivity index (χ0v) is 20.8. The average molecular weight is 522 g/mol. The van der Waals surface area contributed by atoms with Crippen molar-refractivity contribution in [2.75, 3.05) is 6.61 Å². The minimum absolute atomic E-state index is 0.0392. The number of nitrogens with zero attached hydrogens (tertiary/aromatic N) is 4. The number of rotatable bonds is 6. The van der Waals surface area contributed by atoms with E-state index in [2.05, 4.69) is 19.5 Å². The summed E-state index contributed by atoms with van der Waals surface area (Å²) < 4.78 is 14.2. The number of pyridine rings is 1. The number of hydrogen-bond donors (Lipinski definition) is 1. The van der Waals surface area contributed by atoms with E-state index in [0.29, 0.717) is 22.5 Å². The van der Waals surface area contributed by atoms with E-state index in [1.165, 1.54) is 6.33 Å². The van der Waals surface area contributed by atoms with Crippen LogP contribution in [-0.2, 0) is 4.74 Å². The summed E-state index contributed by atoms with van der Waals surface area (Å²) in [5, 5.41) is 13.1. The first-order chi connectivity index (χ1) is 16.2. The van der Waals surface area contributed by atoms with Crippen LogP contribution < -0.4 is 4.74 Å². The van der Waals surface area contributed by atoms with E-state index in [0.717, 1.165) is 34.8 Å². The summed E-state index contributed by atoms with van der Waals surface area (Å²) in [5.74, 6) is -0.365. The second-order valence-corrected chi connectivity index (χ2v) is 10.2. The van der Waals surface area contributed by atoms with Gasteiger partial charge in [-0.05, 0) is 56.9 Å². The van der Waals surface area contributed by atoms with Gasteiger partial charge in [0.1, 0.15) is 28.0 Å². The highest BCUT2D eigenvalue weighted by Crippen LogP contribution is 2.41. The van der Waals surface area contributed by atoms with Gasteiger partial charge in [0.2, 0.25) is 0 Å². The zero-order chi connectivity index (χ0) is 24.0. The fraction of sp³-hybridized carbons (Fsp3) is 0.375. The molecule has 0 spiro atoms. The molecule has 4 aromatic rings. The third kappa shape index (κ3) is 4.81. The van der Waals surface area contributed by atoms with Gasteiger partial charge < -0.3 is 19.1 Å². The largest absolute Gasteiger partial charge is 0.493 e. The van der Waals surface area contributed by atoms with Crippen molar-refractivity contribution in [3.05, 3.63) is 58.2 Å². The van der Waals surface area contributed by atoms with Crippen LogP contribution in [0.5, 0.6) is 5.75 Å². The van der Waals surface area contributed by atoms with E-state index < -0.39 is 5.79 Å². The quantitative estimate of drug-likeness (QED) is 0.188. The Bertz CT molecular complexity index is 1350. The topological polar surface area (TPSA) is 82.3 Å². The molecule has 7 nitrogen and oxygen atoms in total. The Morgan fingerprint density at radius 1 is 1.09 bits per heavy atom. The lowest BCUT2D eigenvalue weighted by molar-refractivity contribution is -0.211. The van der Waals surface area contributed by atoms with Crippen molar-refractivity contribution in [2.24, 2.45) is 5.92 Å². The molecular formula is C24H23Cl3N4O3. The molecule has 0 bridgehead atoms. The fourth-order valence-electron chi connectivity index (χ4n) is 4.61. The van der Waals surface area contributed by atoms with Gasteiger partial charge in [-0.15, -0.1) is 0 Å². The average Bonchev–Trinajstić information content (AvgIpc) is 3.36. The van der Waals surface area contributed by atoms with E-state index in [1.54, 1.807) is 19.9 Å². The predicted octanol–water partition coefficient (Wildman–Crippen LogP) is 6.08. The number of aromatic nitrogens is 4. The van der Waals surface area contributed by atoms with Crippen molar-refractivity contribution < 1.29 is 14.6 Å². The highest BCUT2D eigenvalue weighted by atomic mass is 35.5. The van der Waals surface area contributed by atoms with Gasteiger partial charge in [-0.1, -0.05) is 34.8 Å². The lowest BCUT2D eigenvalue weighted by Gasteiger charge is -2.28. The summed E-state index contributed by atoms with van der Waals surface area (Å²) >= 11 is 18.4. The van der Waals surface area contributed by atoms with Crippen LogP contribution in [0.2, 0.25) is 15.3 Å². The highest BCUT2D eigenvalue weighted by Gasteiger charge is 2.39. The number of aliphatic hydroxyl groups is 1. The van der Waals surface area contributed by atoms with Gasteiger partial charge in [-0.2, -0.15) is 0 Å². The highest BCUT2D eigenvalue weighted by molar-refractivity contribution is 6.41. The Labute approximate surface area is 211 Å². The van der Waals surface area contributed by atoms with Gasteiger partial charge in [0, 0.05) is 17.6 Å². The van der Waals surface area contributed by atoms with Crippen LogP contribution in [0.15, 0.2) is 42.9 Å². The van der Waals surface area contributed by atoms with E-state index in [-0.39, 0.29) is 23.2 Å². The molecule has 10 heteroatoms. The molecule has 3 unspecified atom stereocenters. The van der Waals surface area contributed by atoms with Gasteiger partial charge in [0.05, 0.1) is 34.7 Å². The molecule has 1 fully saturated rings. The minimum Gasteiger partial charge on any atom is -0.493 e. The van der Waals surface area contributed by atoms with Crippen LogP contribution in [0.3, 0.4) is 0 Å². The summed E-state index contributed by atoms with van der Waals surface area (Å²) in [6.45, 7) is 3.77. The second-order valence-electron chi connectivity index (χ2n) is 9.06. The minimum atomic E-state index is -1.27. The molecule has 34 heavy (non-hydrogen) atoms. The second kappa shape index (κ2) is 9.13. The monoisotopic (exact) mass is 520 g/mol. The Kier molecular flexibility index (Phi) is 6.33. The molecule has 0 aliphatic heterocycles. The fourth-order valence-corrected chi connectivity index (χ4v) is 5.11. The van der Waals surface area contributed by atoms with Crippen LogP contribution in [0.1, 0.15) is 32.7 Å². The van der Waals surface area contributed by atoms with E-state index >= 15 is 0 Å². The van der Waals surface area contributed by atoms with Crippen LogP contribution >= 0.6 is 34.8 Å². The lowest BCUT2D eigenvalue weighted by atomic mass is 10.1. The zero-order valence-electron chi connectivity index (χ0n) is 18.6. The first-order valence-corrected chi connectivity index (χ1v) is 12.1. The summed E-state index contributed by atoms with van der Waals surface area (Å²) in [7, 11) is 0. The molecule has 1 saturated carbocycles. The summed E-state index contributed by atoms with van der Waals surface area (Å²) in [5.41, 5.74) is 1.46. The Balaban J connectivity index is 1.36. The molecule has 1 N–H and O–H groups in total. The standard InChI is InChI=1S/C24H23Cl3N4O3/c1-24(2,32)34-20-8-13(7-19(20)31-6-5-16-21(26)28-12-29-23(16)31)11-33-15-4-3-14-9-17(25)22(27)30-18(14)10-15/h3-6,9-10,12-13,19-20,32H,7-8,11H2,1-2H3. The first-order valence-electron chi connectivity index (χ1n) is 10.9. The van der Waals surface area contributed by atoms with Crippen molar-refractivity contribution in [3.63, 3.8) is 0 Å². The van der Waals surface area contributed by atoms with Crippen LogP contribution in [0, 0.1) is 5.92 Å². The molecule has 5 rings (SSSR count). The molecule has 178 valence electrons. The van der Waals surface area contributed by atoms with Crippen molar-refractivity contribution in [1.29, 1.82) is 0 Å². The van der Waals surface area contributed by atoms with Crippen LogP contribution in [-0.4, -0.2) is 43.1 Å². The van der Waals surface area contributed by atoms with E-state index in [9.17, 15) is 5.11 Å². The van der Waals surface area contributed by atoms with Gasteiger partial charge in [0.25, 0.3) is 0 Å². The van der Waals surface area contributed by atoms with Crippen molar-refractivity contribution >= 4 is 56.7 Å². The lowest BCUT2D eigenvalue weighted by Crippen LogP contribution is -2.33. The Morgan fingerprint density at radius 2 is 1.91 bits per heavy atom. The molecule has 3 heterocycles. The number of fused-ring (bicyclic) bond motifs is 2. The molecule has 0 radical (unpaired) electrons. The van der Waals surface area contributed by atoms with E-state index in [1.807, 2.05) is 30.5 Å². The third-order valence-electron chi connectivity index (χ3n) is 6.01. The van der Waals surface area contributed by atoms with Crippen LogP contribution in [0.4, 0.5) is 0 Å². The SMILES string of the molecule is CC(C)(O)OC1CC(COc2ccc3cc(Cl)c(Cl)nc3c2)CC1n1ccc2c(Cl)ncnc21. The van der Waals surface area contributed by atoms with Gasteiger partial charge in [0.15, 0.2) is 5.79 Å². The maximum atomic E-state index is 10.4. The number of ether oxygens (including phenoxy) is 2. The number of hydrogen-bond acceptors (Lipinski definition) is 6. The summed E-state index contributed by atoms with van der Waals surface area (Å²) in [4.78, 5) is 12.8.